The molecule has 0 saturated carbocycles. The lowest BCUT2D eigenvalue weighted by atomic mass is 10.1. The van der Waals surface area contributed by atoms with E-state index in [4.69, 9.17) is 21.1 Å². The van der Waals surface area contributed by atoms with Gasteiger partial charge in [0.05, 0.1) is 5.02 Å². The van der Waals surface area contributed by atoms with Crippen LogP contribution in [-0.4, -0.2) is 6.79 Å². The van der Waals surface area contributed by atoms with Gasteiger partial charge in [-0.3, -0.25) is 0 Å². The smallest absolute Gasteiger partial charge is 0.231 e. The molecule has 2 aromatic carbocycles. The Balaban J connectivity index is 1.75. The van der Waals surface area contributed by atoms with Gasteiger partial charge in [-0.25, -0.2) is 0 Å². The Morgan fingerprint density at radius 2 is 2.05 bits per heavy atom. The summed E-state index contributed by atoms with van der Waals surface area (Å²) in [5.41, 5.74) is 3.59. The highest BCUT2D eigenvalue weighted by Gasteiger charge is 2.18. The second kappa shape index (κ2) is 6.27. The monoisotopic (exact) mass is 303 g/mol. The Morgan fingerprint density at radius 1 is 1.19 bits per heavy atom. The lowest BCUT2D eigenvalue weighted by Gasteiger charge is -2.12. The SMILES string of the molecule is CCCc1ccccc1NCc1cc(Cl)c2c(c1)OCO2. The minimum absolute atomic E-state index is 0.241. The van der Waals surface area contributed by atoms with E-state index in [1.54, 1.807) is 0 Å². The molecule has 0 aliphatic carbocycles. The van der Waals surface area contributed by atoms with Crippen LogP contribution in [-0.2, 0) is 13.0 Å². The summed E-state index contributed by atoms with van der Waals surface area (Å²) in [6, 6.07) is 12.3. The number of halogens is 1. The van der Waals surface area contributed by atoms with Gasteiger partial charge in [-0.1, -0.05) is 43.1 Å². The number of aryl methyl sites for hydroxylation is 1. The quantitative estimate of drug-likeness (QED) is 0.873. The number of hydrogen-bond acceptors (Lipinski definition) is 3. The maximum atomic E-state index is 6.20. The first-order valence-electron chi connectivity index (χ1n) is 7.17. The minimum atomic E-state index is 0.241. The molecule has 4 heteroatoms. The third kappa shape index (κ3) is 3.08. The molecule has 0 atom stereocenters. The maximum Gasteiger partial charge on any atom is 0.231 e. The summed E-state index contributed by atoms with van der Waals surface area (Å²) in [6.45, 7) is 3.14. The fourth-order valence-corrected chi connectivity index (χ4v) is 2.79. The lowest BCUT2D eigenvalue weighted by Crippen LogP contribution is -2.02. The summed E-state index contributed by atoms with van der Waals surface area (Å²) in [6.07, 6.45) is 2.21. The van der Waals surface area contributed by atoms with Gasteiger partial charge in [0.1, 0.15) is 0 Å². The van der Waals surface area contributed by atoms with Crippen LogP contribution in [0.1, 0.15) is 24.5 Å². The van der Waals surface area contributed by atoms with Gasteiger partial charge in [-0.15, -0.1) is 0 Å². The van der Waals surface area contributed by atoms with Crippen molar-refractivity contribution in [2.75, 3.05) is 12.1 Å². The zero-order chi connectivity index (χ0) is 14.7. The van der Waals surface area contributed by atoms with Crippen LogP contribution in [0, 0.1) is 0 Å². The summed E-state index contributed by atoms with van der Waals surface area (Å²) in [7, 11) is 0. The van der Waals surface area contributed by atoms with E-state index < -0.39 is 0 Å². The fourth-order valence-electron chi connectivity index (χ4n) is 2.50. The zero-order valence-corrected chi connectivity index (χ0v) is 12.7. The number of anilines is 1. The van der Waals surface area contributed by atoms with Gasteiger partial charge in [-0.2, -0.15) is 0 Å². The van der Waals surface area contributed by atoms with E-state index in [0.717, 1.165) is 24.2 Å². The van der Waals surface area contributed by atoms with E-state index >= 15 is 0 Å². The molecule has 1 N–H and O–H groups in total. The van der Waals surface area contributed by atoms with Crippen molar-refractivity contribution in [1.29, 1.82) is 0 Å². The van der Waals surface area contributed by atoms with Crippen molar-refractivity contribution < 1.29 is 9.47 Å². The van der Waals surface area contributed by atoms with Crippen LogP contribution < -0.4 is 14.8 Å². The highest BCUT2D eigenvalue weighted by Crippen LogP contribution is 2.39. The van der Waals surface area contributed by atoms with Gasteiger partial charge in [-0.05, 0) is 35.7 Å². The molecule has 21 heavy (non-hydrogen) atoms. The Bertz CT molecular complexity index is 643. The number of benzene rings is 2. The second-order valence-corrected chi connectivity index (χ2v) is 5.48. The van der Waals surface area contributed by atoms with Crippen molar-refractivity contribution in [2.24, 2.45) is 0 Å². The molecule has 2 aromatic rings. The van der Waals surface area contributed by atoms with Gasteiger partial charge >= 0.3 is 0 Å². The van der Waals surface area contributed by atoms with E-state index in [9.17, 15) is 0 Å². The Labute approximate surface area is 129 Å². The third-order valence-electron chi connectivity index (χ3n) is 3.51. The molecule has 0 fully saturated rings. The van der Waals surface area contributed by atoms with E-state index in [0.29, 0.717) is 17.3 Å². The molecule has 0 spiro atoms. The summed E-state index contributed by atoms with van der Waals surface area (Å²) in [5.74, 6) is 1.37. The van der Waals surface area contributed by atoms with Gasteiger partial charge in [0.2, 0.25) is 6.79 Å². The van der Waals surface area contributed by atoms with Crippen molar-refractivity contribution in [3.05, 3.63) is 52.5 Å². The van der Waals surface area contributed by atoms with Gasteiger partial charge in [0, 0.05) is 12.2 Å². The third-order valence-corrected chi connectivity index (χ3v) is 3.79. The number of para-hydroxylation sites is 1. The highest BCUT2D eigenvalue weighted by molar-refractivity contribution is 6.32. The van der Waals surface area contributed by atoms with Gasteiger partial charge in [0.25, 0.3) is 0 Å². The van der Waals surface area contributed by atoms with E-state index in [-0.39, 0.29) is 6.79 Å². The standard InChI is InChI=1S/C17H18ClNO2/c1-2-5-13-6-3-4-7-15(13)19-10-12-8-14(18)17-16(9-12)20-11-21-17/h3-4,6-9,19H,2,5,10-11H2,1H3. The molecule has 3 rings (SSSR count). The average Bonchev–Trinajstić information content (AvgIpc) is 2.96. The van der Waals surface area contributed by atoms with Crippen LogP contribution >= 0.6 is 11.6 Å². The Morgan fingerprint density at radius 3 is 2.90 bits per heavy atom. The normalized spacial score (nSPS) is 12.5. The number of fused-ring (bicyclic) bond motifs is 1. The first-order chi connectivity index (χ1) is 10.3. The predicted octanol–water partition coefficient (Wildman–Crippen LogP) is 4.63. The number of nitrogens with one attached hydrogen (secondary N) is 1. The average molecular weight is 304 g/mol. The van der Waals surface area contributed by atoms with Crippen molar-refractivity contribution in [3.8, 4) is 11.5 Å². The first kappa shape index (κ1) is 14.1. The summed E-state index contributed by atoms with van der Waals surface area (Å²) >= 11 is 6.20. The van der Waals surface area contributed by atoms with Crippen molar-refractivity contribution in [1.82, 2.24) is 0 Å². The van der Waals surface area contributed by atoms with Crippen LogP contribution in [0.25, 0.3) is 0 Å². The molecule has 0 amide bonds. The summed E-state index contributed by atoms with van der Waals surface area (Å²) in [4.78, 5) is 0. The zero-order valence-electron chi connectivity index (χ0n) is 12.0. The fraction of sp³-hybridized carbons (Fsp3) is 0.294. The Hall–Kier alpha value is -1.87. The van der Waals surface area contributed by atoms with Crippen molar-refractivity contribution in [3.63, 3.8) is 0 Å². The predicted molar refractivity (Wildman–Crippen MR) is 85.3 cm³/mol. The van der Waals surface area contributed by atoms with Gasteiger partial charge in [0.15, 0.2) is 11.5 Å². The molecule has 0 saturated heterocycles. The maximum absolute atomic E-state index is 6.20. The molecule has 110 valence electrons. The molecule has 0 bridgehead atoms. The molecule has 0 radical (unpaired) electrons. The molecule has 0 unspecified atom stereocenters. The largest absolute Gasteiger partial charge is 0.454 e. The number of rotatable bonds is 5. The van der Waals surface area contributed by atoms with E-state index in [2.05, 4.69) is 30.4 Å². The number of hydrogen-bond donors (Lipinski definition) is 1. The highest BCUT2D eigenvalue weighted by atomic mass is 35.5. The molecule has 1 heterocycles. The number of ether oxygens (including phenoxy) is 2. The topological polar surface area (TPSA) is 30.5 Å². The van der Waals surface area contributed by atoms with Gasteiger partial charge < -0.3 is 14.8 Å². The molecule has 0 aromatic heterocycles. The molecule has 1 aliphatic heterocycles. The van der Waals surface area contributed by atoms with E-state index in [1.165, 1.54) is 11.3 Å². The second-order valence-electron chi connectivity index (χ2n) is 5.07. The summed E-state index contributed by atoms with van der Waals surface area (Å²) < 4.78 is 10.7. The lowest BCUT2D eigenvalue weighted by molar-refractivity contribution is 0.174. The molecular formula is C17H18ClNO2. The van der Waals surface area contributed by atoms with Crippen molar-refractivity contribution in [2.45, 2.75) is 26.3 Å². The van der Waals surface area contributed by atoms with Crippen LogP contribution in [0.2, 0.25) is 5.02 Å². The van der Waals surface area contributed by atoms with Crippen molar-refractivity contribution >= 4 is 17.3 Å². The minimum Gasteiger partial charge on any atom is -0.454 e. The van der Waals surface area contributed by atoms with Crippen LogP contribution in [0.15, 0.2) is 36.4 Å². The molecular weight excluding hydrogens is 286 g/mol. The first-order valence-corrected chi connectivity index (χ1v) is 7.55. The molecule has 3 nitrogen and oxygen atoms in total. The van der Waals surface area contributed by atoms with Crippen LogP contribution in [0.5, 0.6) is 11.5 Å². The van der Waals surface area contributed by atoms with Crippen LogP contribution in [0.3, 0.4) is 0 Å². The van der Waals surface area contributed by atoms with E-state index in [1.807, 2.05) is 18.2 Å². The molecule has 1 aliphatic rings. The van der Waals surface area contributed by atoms with Crippen LogP contribution in [0.4, 0.5) is 5.69 Å². The summed E-state index contributed by atoms with van der Waals surface area (Å²) in [5, 5.41) is 4.08. The Kier molecular flexibility index (Phi) is 4.20.